The summed E-state index contributed by atoms with van der Waals surface area (Å²) < 4.78 is 5.45. The fourth-order valence-electron chi connectivity index (χ4n) is 2.38. The normalized spacial score (nSPS) is 16.0. The van der Waals surface area contributed by atoms with Gasteiger partial charge in [0, 0.05) is 0 Å². The summed E-state index contributed by atoms with van der Waals surface area (Å²) in [6, 6.07) is 9.29. The quantitative estimate of drug-likeness (QED) is 0.799. The molecule has 0 unspecified atom stereocenters. The fourth-order valence-corrected chi connectivity index (χ4v) is 2.38. The minimum atomic E-state index is -0.870. The van der Waals surface area contributed by atoms with E-state index in [0.29, 0.717) is 6.61 Å². The zero-order valence-electron chi connectivity index (χ0n) is 11.3. The summed E-state index contributed by atoms with van der Waals surface area (Å²) in [7, 11) is 0. The second-order valence-corrected chi connectivity index (χ2v) is 5.16. The van der Waals surface area contributed by atoms with Crippen LogP contribution >= 0.6 is 0 Å². The molecule has 0 radical (unpaired) electrons. The molecular formula is C15H19NO4. The molecule has 0 aliphatic heterocycles. The maximum absolute atomic E-state index is 11.8. The number of carbonyl (C=O) groups excluding carboxylic acids is 1. The second kappa shape index (κ2) is 6.41. The lowest BCUT2D eigenvalue weighted by molar-refractivity contribution is -0.140. The van der Waals surface area contributed by atoms with Crippen molar-refractivity contribution in [2.24, 2.45) is 0 Å². The molecule has 2 rings (SSSR count). The van der Waals surface area contributed by atoms with Crippen molar-refractivity contribution >= 4 is 11.9 Å². The van der Waals surface area contributed by atoms with E-state index in [0.717, 1.165) is 25.0 Å². The predicted octanol–water partition coefficient (Wildman–Crippen LogP) is 1.97. The highest BCUT2D eigenvalue weighted by Crippen LogP contribution is 2.34. The highest BCUT2D eigenvalue weighted by molar-refractivity contribution is 5.78. The fraction of sp³-hybridized carbons (Fsp3) is 0.467. The van der Waals surface area contributed by atoms with Crippen molar-refractivity contribution in [2.75, 3.05) is 6.61 Å². The van der Waals surface area contributed by atoms with Gasteiger partial charge in [-0.25, -0.2) is 0 Å². The summed E-state index contributed by atoms with van der Waals surface area (Å²) in [5, 5.41) is 11.7. The largest absolute Gasteiger partial charge is 0.493 e. The Morgan fingerprint density at radius 2 is 1.95 bits per heavy atom. The molecular weight excluding hydrogens is 258 g/mol. The number of hydrogen-bond donors (Lipinski definition) is 2. The summed E-state index contributed by atoms with van der Waals surface area (Å²) >= 11 is 0. The third-order valence-electron chi connectivity index (χ3n) is 3.55. The van der Waals surface area contributed by atoms with Gasteiger partial charge in [-0.1, -0.05) is 18.2 Å². The van der Waals surface area contributed by atoms with Crippen LogP contribution in [-0.2, 0) is 9.59 Å². The van der Waals surface area contributed by atoms with Crippen LogP contribution in [0.5, 0.6) is 5.75 Å². The maximum atomic E-state index is 11.8. The molecule has 5 heteroatoms. The van der Waals surface area contributed by atoms with Gasteiger partial charge in [0.15, 0.2) is 0 Å². The second-order valence-electron chi connectivity index (χ2n) is 5.16. The van der Waals surface area contributed by atoms with E-state index in [-0.39, 0.29) is 18.7 Å². The van der Waals surface area contributed by atoms with Crippen LogP contribution in [-0.4, -0.2) is 29.1 Å². The summed E-state index contributed by atoms with van der Waals surface area (Å²) in [6.45, 7) is 0.291. The van der Waals surface area contributed by atoms with Crippen LogP contribution < -0.4 is 10.1 Å². The van der Waals surface area contributed by atoms with Gasteiger partial charge in [-0.3, -0.25) is 9.59 Å². The van der Waals surface area contributed by atoms with Crippen LogP contribution in [0.2, 0.25) is 0 Å². The number of hydrogen-bond acceptors (Lipinski definition) is 3. The number of amides is 1. The van der Waals surface area contributed by atoms with Gasteiger partial charge in [-0.15, -0.1) is 0 Å². The van der Waals surface area contributed by atoms with E-state index in [2.05, 4.69) is 5.32 Å². The van der Waals surface area contributed by atoms with E-state index < -0.39 is 11.5 Å². The molecule has 1 fully saturated rings. The minimum Gasteiger partial charge on any atom is -0.493 e. The molecule has 0 atom stereocenters. The van der Waals surface area contributed by atoms with Crippen LogP contribution in [0, 0.1) is 0 Å². The number of aliphatic carboxylic acids is 1. The lowest BCUT2D eigenvalue weighted by Crippen LogP contribution is -2.54. The molecule has 1 aliphatic carbocycles. The van der Waals surface area contributed by atoms with Crippen LogP contribution in [0.15, 0.2) is 30.3 Å². The Hall–Kier alpha value is -2.04. The molecule has 20 heavy (non-hydrogen) atoms. The Balaban J connectivity index is 1.73. The molecule has 5 nitrogen and oxygen atoms in total. The van der Waals surface area contributed by atoms with E-state index in [9.17, 15) is 9.59 Å². The number of rotatable bonds is 7. The van der Waals surface area contributed by atoms with Crippen LogP contribution in [0.4, 0.5) is 0 Å². The average molecular weight is 277 g/mol. The van der Waals surface area contributed by atoms with Gasteiger partial charge >= 0.3 is 5.97 Å². The Kier molecular flexibility index (Phi) is 4.61. The number of carboxylic acids is 1. The smallest absolute Gasteiger partial charge is 0.305 e. The molecule has 1 saturated carbocycles. The summed E-state index contributed by atoms with van der Waals surface area (Å²) in [6.07, 6.45) is 2.68. The van der Waals surface area contributed by atoms with Crippen molar-refractivity contribution in [2.45, 2.75) is 37.6 Å². The van der Waals surface area contributed by atoms with Crippen LogP contribution in [0.1, 0.15) is 32.1 Å². The molecule has 0 bridgehead atoms. The van der Waals surface area contributed by atoms with Crippen LogP contribution in [0.3, 0.4) is 0 Å². The first-order chi connectivity index (χ1) is 9.60. The first-order valence-corrected chi connectivity index (χ1v) is 6.80. The summed E-state index contributed by atoms with van der Waals surface area (Å²) in [5.41, 5.74) is -0.532. The first-order valence-electron chi connectivity index (χ1n) is 6.80. The Bertz CT molecular complexity index is 468. The molecule has 2 N–H and O–H groups in total. The van der Waals surface area contributed by atoms with Gasteiger partial charge in [-0.05, 0) is 31.4 Å². The van der Waals surface area contributed by atoms with Gasteiger partial charge in [0.05, 0.1) is 25.0 Å². The maximum Gasteiger partial charge on any atom is 0.305 e. The standard InChI is InChI=1S/C15H19NO4/c17-13(7-10-20-12-5-2-1-3-6-12)16-15(8-4-9-15)11-14(18)19/h1-3,5-6H,4,7-11H2,(H,16,17)(H,18,19). The highest BCUT2D eigenvalue weighted by atomic mass is 16.5. The predicted molar refractivity (Wildman–Crippen MR) is 73.5 cm³/mol. The third kappa shape index (κ3) is 3.98. The molecule has 108 valence electrons. The Morgan fingerprint density at radius 3 is 2.50 bits per heavy atom. The molecule has 0 heterocycles. The average Bonchev–Trinajstić information content (AvgIpc) is 2.37. The van der Waals surface area contributed by atoms with Crippen molar-refractivity contribution in [3.63, 3.8) is 0 Å². The Labute approximate surface area is 117 Å². The van der Waals surface area contributed by atoms with E-state index in [1.807, 2.05) is 30.3 Å². The zero-order valence-corrected chi connectivity index (χ0v) is 11.3. The topological polar surface area (TPSA) is 75.6 Å². The summed E-state index contributed by atoms with van der Waals surface area (Å²) in [5.74, 6) is -0.295. The van der Waals surface area contributed by atoms with E-state index in [1.165, 1.54) is 0 Å². The number of ether oxygens (including phenoxy) is 1. The molecule has 1 aromatic rings. The van der Waals surface area contributed by atoms with Gasteiger partial charge in [0.1, 0.15) is 5.75 Å². The van der Waals surface area contributed by atoms with Gasteiger partial charge in [0.25, 0.3) is 0 Å². The van der Waals surface area contributed by atoms with Crippen molar-refractivity contribution in [1.82, 2.24) is 5.32 Å². The molecule has 0 saturated heterocycles. The van der Waals surface area contributed by atoms with Crippen LogP contribution in [0.25, 0.3) is 0 Å². The van der Waals surface area contributed by atoms with Gasteiger partial charge < -0.3 is 15.2 Å². The zero-order chi connectivity index (χ0) is 14.4. The van der Waals surface area contributed by atoms with E-state index >= 15 is 0 Å². The lowest BCUT2D eigenvalue weighted by atomic mass is 9.74. The number of benzene rings is 1. The summed E-state index contributed by atoms with van der Waals surface area (Å²) in [4.78, 5) is 22.7. The SMILES string of the molecule is O=C(O)CC1(NC(=O)CCOc2ccccc2)CCC1. The van der Waals surface area contributed by atoms with Crippen molar-refractivity contribution in [1.29, 1.82) is 0 Å². The number of nitrogens with one attached hydrogen (secondary N) is 1. The Morgan fingerprint density at radius 1 is 1.25 bits per heavy atom. The number of carboxylic acid groups (broad SMARTS) is 1. The molecule has 1 amide bonds. The molecule has 0 spiro atoms. The van der Waals surface area contributed by atoms with Crippen molar-refractivity contribution < 1.29 is 19.4 Å². The molecule has 1 aliphatic rings. The third-order valence-corrected chi connectivity index (χ3v) is 3.55. The van der Waals surface area contributed by atoms with Gasteiger partial charge in [-0.2, -0.15) is 0 Å². The number of para-hydroxylation sites is 1. The van der Waals surface area contributed by atoms with Crippen molar-refractivity contribution in [3.05, 3.63) is 30.3 Å². The monoisotopic (exact) mass is 277 g/mol. The lowest BCUT2D eigenvalue weighted by Gasteiger charge is -2.41. The van der Waals surface area contributed by atoms with Gasteiger partial charge in [0.2, 0.25) is 5.91 Å². The van der Waals surface area contributed by atoms with E-state index in [4.69, 9.17) is 9.84 Å². The minimum absolute atomic E-state index is 0.00170. The van der Waals surface area contributed by atoms with E-state index in [1.54, 1.807) is 0 Å². The van der Waals surface area contributed by atoms with Crippen molar-refractivity contribution in [3.8, 4) is 5.75 Å². The molecule has 0 aromatic heterocycles. The first kappa shape index (κ1) is 14.4. The number of carbonyl (C=O) groups is 2. The highest BCUT2D eigenvalue weighted by Gasteiger charge is 2.40. The molecule has 1 aromatic carbocycles.